The van der Waals surface area contributed by atoms with Crippen molar-refractivity contribution >= 4 is 29.2 Å². The van der Waals surface area contributed by atoms with Crippen LogP contribution in [0.2, 0.25) is 0 Å². The maximum absolute atomic E-state index is 4.47. The SMILES string of the molecule is Cc1ccc(-n2c(SC/C=C/c3ccccc3)nnc2-c2cccs2)cc1. The van der Waals surface area contributed by atoms with Gasteiger partial charge in [0.15, 0.2) is 11.0 Å². The Morgan fingerprint density at radius 3 is 2.52 bits per heavy atom. The molecule has 0 aliphatic heterocycles. The third kappa shape index (κ3) is 4.21. The molecule has 2 aromatic heterocycles. The number of benzene rings is 2. The monoisotopic (exact) mass is 389 g/mol. The van der Waals surface area contributed by atoms with E-state index in [1.165, 1.54) is 11.1 Å². The van der Waals surface area contributed by atoms with Crippen LogP contribution in [0, 0.1) is 6.92 Å². The molecule has 0 atom stereocenters. The molecule has 0 aliphatic carbocycles. The summed E-state index contributed by atoms with van der Waals surface area (Å²) in [6, 6.07) is 23.0. The zero-order valence-electron chi connectivity index (χ0n) is 14.9. The van der Waals surface area contributed by atoms with Crippen molar-refractivity contribution in [2.24, 2.45) is 0 Å². The topological polar surface area (TPSA) is 30.7 Å². The first-order valence-corrected chi connectivity index (χ1v) is 10.6. The molecule has 4 aromatic rings. The lowest BCUT2D eigenvalue weighted by atomic mass is 10.2. The second-order valence-electron chi connectivity index (χ2n) is 6.08. The minimum absolute atomic E-state index is 0.837. The maximum Gasteiger partial charge on any atom is 0.196 e. The average Bonchev–Trinajstić information content (AvgIpc) is 3.36. The highest BCUT2D eigenvalue weighted by molar-refractivity contribution is 7.99. The van der Waals surface area contributed by atoms with Gasteiger partial charge in [-0.25, -0.2) is 0 Å². The summed E-state index contributed by atoms with van der Waals surface area (Å²) >= 11 is 3.37. The van der Waals surface area contributed by atoms with E-state index in [4.69, 9.17) is 0 Å². The van der Waals surface area contributed by atoms with Crippen LogP contribution in [0.15, 0.2) is 83.3 Å². The van der Waals surface area contributed by atoms with Crippen LogP contribution in [-0.2, 0) is 0 Å². The lowest BCUT2D eigenvalue weighted by Crippen LogP contribution is -1.99. The number of thiophene rings is 1. The van der Waals surface area contributed by atoms with Crippen molar-refractivity contribution in [3.05, 3.63) is 89.3 Å². The molecule has 0 aliphatic rings. The van der Waals surface area contributed by atoms with Crippen LogP contribution in [0.25, 0.3) is 22.5 Å². The van der Waals surface area contributed by atoms with E-state index in [1.807, 2.05) is 24.3 Å². The number of thioether (sulfide) groups is 1. The van der Waals surface area contributed by atoms with Crippen LogP contribution >= 0.6 is 23.1 Å². The Morgan fingerprint density at radius 1 is 0.963 bits per heavy atom. The Bertz CT molecular complexity index is 1020. The molecule has 134 valence electrons. The summed E-state index contributed by atoms with van der Waals surface area (Å²) in [6.07, 6.45) is 4.30. The van der Waals surface area contributed by atoms with Gasteiger partial charge in [-0.3, -0.25) is 4.57 Å². The molecule has 0 radical (unpaired) electrons. The predicted molar refractivity (Wildman–Crippen MR) is 116 cm³/mol. The fourth-order valence-electron chi connectivity index (χ4n) is 2.73. The second-order valence-corrected chi connectivity index (χ2v) is 8.01. The van der Waals surface area contributed by atoms with Crippen LogP contribution < -0.4 is 0 Å². The molecule has 5 heteroatoms. The van der Waals surface area contributed by atoms with E-state index in [-0.39, 0.29) is 0 Å². The van der Waals surface area contributed by atoms with Gasteiger partial charge in [-0.05, 0) is 36.1 Å². The highest BCUT2D eigenvalue weighted by atomic mass is 32.2. The Balaban J connectivity index is 1.60. The number of rotatable bonds is 6. The lowest BCUT2D eigenvalue weighted by molar-refractivity contribution is 0.888. The molecular weight excluding hydrogens is 370 g/mol. The third-order valence-electron chi connectivity index (χ3n) is 4.09. The van der Waals surface area contributed by atoms with Crippen LogP contribution in [0.3, 0.4) is 0 Å². The molecule has 0 unspecified atom stereocenters. The molecule has 0 bridgehead atoms. The Kier molecular flexibility index (Phi) is 5.51. The normalized spacial score (nSPS) is 11.3. The molecule has 0 amide bonds. The van der Waals surface area contributed by atoms with Crippen molar-refractivity contribution in [2.75, 3.05) is 5.75 Å². The van der Waals surface area contributed by atoms with E-state index >= 15 is 0 Å². The molecule has 2 heterocycles. The van der Waals surface area contributed by atoms with Gasteiger partial charge in [0.25, 0.3) is 0 Å². The molecule has 3 nitrogen and oxygen atoms in total. The first-order valence-electron chi connectivity index (χ1n) is 8.72. The molecular formula is C22H19N3S2. The number of hydrogen-bond acceptors (Lipinski definition) is 4. The molecule has 0 fully saturated rings. The molecule has 0 saturated carbocycles. The summed E-state index contributed by atoms with van der Waals surface area (Å²) in [5, 5.41) is 11.9. The maximum atomic E-state index is 4.47. The van der Waals surface area contributed by atoms with E-state index in [1.54, 1.807) is 23.1 Å². The largest absolute Gasteiger partial charge is 0.269 e. The highest BCUT2D eigenvalue weighted by Gasteiger charge is 2.16. The number of nitrogens with zero attached hydrogens (tertiary/aromatic N) is 3. The lowest BCUT2D eigenvalue weighted by Gasteiger charge is -2.09. The number of aryl methyl sites for hydroxylation is 1. The Labute approximate surface area is 167 Å². The first kappa shape index (κ1) is 17.8. The molecule has 0 spiro atoms. The second kappa shape index (κ2) is 8.37. The van der Waals surface area contributed by atoms with Crippen LogP contribution in [0.5, 0.6) is 0 Å². The van der Waals surface area contributed by atoms with Gasteiger partial charge in [-0.2, -0.15) is 0 Å². The van der Waals surface area contributed by atoms with Crippen molar-refractivity contribution in [2.45, 2.75) is 12.1 Å². The third-order valence-corrected chi connectivity index (χ3v) is 5.83. The summed E-state index contributed by atoms with van der Waals surface area (Å²) in [6.45, 7) is 2.10. The van der Waals surface area contributed by atoms with E-state index in [0.29, 0.717) is 0 Å². The summed E-state index contributed by atoms with van der Waals surface area (Å²) in [5.41, 5.74) is 3.53. The fraction of sp³-hybridized carbons (Fsp3) is 0.0909. The molecule has 0 saturated heterocycles. The summed E-state index contributed by atoms with van der Waals surface area (Å²) < 4.78 is 2.15. The van der Waals surface area contributed by atoms with Gasteiger partial charge in [-0.1, -0.05) is 78.0 Å². The van der Waals surface area contributed by atoms with E-state index in [0.717, 1.165) is 27.3 Å². The Hall–Kier alpha value is -2.63. The average molecular weight is 390 g/mol. The standard InChI is InChI=1S/C22H19N3S2/c1-17-11-13-19(14-12-17)25-21(20-10-6-15-26-20)23-24-22(25)27-16-5-9-18-7-3-2-4-8-18/h2-15H,16H2,1H3/b9-5+. The summed E-state index contributed by atoms with van der Waals surface area (Å²) in [4.78, 5) is 1.12. The van der Waals surface area contributed by atoms with Crippen molar-refractivity contribution in [3.63, 3.8) is 0 Å². The van der Waals surface area contributed by atoms with Crippen LogP contribution in [-0.4, -0.2) is 20.5 Å². The van der Waals surface area contributed by atoms with E-state index in [9.17, 15) is 0 Å². The fourth-order valence-corrected chi connectivity index (χ4v) is 4.19. The van der Waals surface area contributed by atoms with E-state index in [2.05, 4.69) is 81.7 Å². The van der Waals surface area contributed by atoms with Gasteiger partial charge in [0.2, 0.25) is 0 Å². The van der Waals surface area contributed by atoms with Gasteiger partial charge < -0.3 is 0 Å². The molecule has 2 aromatic carbocycles. The predicted octanol–water partition coefficient (Wildman–Crippen LogP) is 6.11. The number of hydrogen-bond donors (Lipinski definition) is 0. The zero-order valence-corrected chi connectivity index (χ0v) is 16.6. The molecule has 4 rings (SSSR count). The Morgan fingerprint density at radius 2 is 1.78 bits per heavy atom. The molecule has 27 heavy (non-hydrogen) atoms. The first-order chi connectivity index (χ1) is 13.3. The zero-order chi connectivity index (χ0) is 18.5. The highest BCUT2D eigenvalue weighted by Crippen LogP contribution is 2.30. The van der Waals surface area contributed by atoms with Crippen LogP contribution in [0.1, 0.15) is 11.1 Å². The van der Waals surface area contributed by atoms with E-state index < -0.39 is 0 Å². The van der Waals surface area contributed by atoms with Gasteiger partial charge in [0.05, 0.1) is 4.88 Å². The summed E-state index contributed by atoms with van der Waals surface area (Å²) in [5.74, 6) is 1.73. The van der Waals surface area contributed by atoms with Crippen molar-refractivity contribution in [3.8, 4) is 16.4 Å². The van der Waals surface area contributed by atoms with Crippen molar-refractivity contribution < 1.29 is 0 Å². The summed E-state index contributed by atoms with van der Waals surface area (Å²) in [7, 11) is 0. The van der Waals surface area contributed by atoms with Gasteiger partial charge in [0, 0.05) is 11.4 Å². The van der Waals surface area contributed by atoms with Gasteiger partial charge >= 0.3 is 0 Å². The van der Waals surface area contributed by atoms with Gasteiger partial charge in [0.1, 0.15) is 0 Å². The number of aromatic nitrogens is 3. The van der Waals surface area contributed by atoms with Gasteiger partial charge in [-0.15, -0.1) is 21.5 Å². The van der Waals surface area contributed by atoms with Crippen molar-refractivity contribution in [1.29, 1.82) is 0 Å². The van der Waals surface area contributed by atoms with Crippen LogP contribution in [0.4, 0.5) is 0 Å². The molecule has 0 N–H and O–H groups in total. The minimum atomic E-state index is 0.837. The van der Waals surface area contributed by atoms with Crippen molar-refractivity contribution in [1.82, 2.24) is 14.8 Å². The smallest absolute Gasteiger partial charge is 0.196 e. The minimum Gasteiger partial charge on any atom is -0.269 e. The quantitative estimate of drug-likeness (QED) is 0.373.